The van der Waals surface area contributed by atoms with Crippen LogP contribution in [0.5, 0.6) is 0 Å². The normalized spacial score (nSPS) is 11.1. The van der Waals surface area contributed by atoms with Gasteiger partial charge in [0.2, 0.25) is 0 Å². The van der Waals surface area contributed by atoms with Crippen molar-refractivity contribution in [3.05, 3.63) is 65.2 Å². The first-order valence-electron chi connectivity index (χ1n) is 8.54. The molecule has 0 atom stereocenters. The lowest BCUT2D eigenvalue weighted by molar-refractivity contribution is 0.425. The molecule has 0 unspecified atom stereocenters. The molecule has 9 heteroatoms. The van der Waals surface area contributed by atoms with Gasteiger partial charge in [-0.25, -0.2) is 4.39 Å². The standard InChI is InChI=1S/C19H15ClFN5OS/c1-2-26-17(12-3-7-14(20)8-4-12)23-24-19(26)28-11-16-22-18(27-25-16)13-5-9-15(21)10-6-13/h3-10H,2,11H2,1H3. The van der Waals surface area contributed by atoms with E-state index in [1.165, 1.54) is 23.9 Å². The Labute approximate surface area is 169 Å². The molecular formula is C19H15ClFN5OS. The first kappa shape index (κ1) is 18.6. The number of thioether (sulfide) groups is 1. The average molecular weight is 416 g/mol. The Kier molecular flexibility index (Phi) is 5.40. The van der Waals surface area contributed by atoms with Gasteiger partial charge >= 0.3 is 0 Å². The molecular weight excluding hydrogens is 401 g/mol. The molecule has 0 aliphatic carbocycles. The topological polar surface area (TPSA) is 69.6 Å². The second-order valence-corrected chi connectivity index (χ2v) is 7.25. The Morgan fingerprint density at radius 3 is 2.46 bits per heavy atom. The van der Waals surface area contributed by atoms with E-state index >= 15 is 0 Å². The van der Waals surface area contributed by atoms with E-state index < -0.39 is 0 Å². The van der Waals surface area contributed by atoms with Gasteiger partial charge in [0.15, 0.2) is 16.8 Å². The van der Waals surface area contributed by atoms with E-state index in [9.17, 15) is 4.39 Å². The van der Waals surface area contributed by atoms with Crippen LogP contribution in [-0.2, 0) is 12.3 Å². The highest BCUT2D eigenvalue weighted by Crippen LogP contribution is 2.27. The predicted molar refractivity (Wildman–Crippen MR) is 105 cm³/mol. The molecule has 0 bridgehead atoms. The molecule has 2 aromatic heterocycles. The van der Waals surface area contributed by atoms with Crippen molar-refractivity contribution in [2.45, 2.75) is 24.4 Å². The maximum Gasteiger partial charge on any atom is 0.257 e. The fraction of sp³-hybridized carbons (Fsp3) is 0.158. The SMILES string of the molecule is CCn1c(SCc2noc(-c3ccc(F)cc3)n2)nnc1-c1ccc(Cl)cc1. The minimum absolute atomic E-state index is 0.311. The van der Waals surface area contributed by atoms with Crippen LogP contribution in [0.2, 0.25) is 5.02 Å². The van der Waals surface area contributed by atoms with Gasteiger partial charge in [-0.2, -0.15) is 4.98 Å². The van der Waals surface area contributed by atoms with Gasteiger partial charge in [0, 0.05) is 22.7 Å². The van der Waals surface area contributed by atoms with Crippen LogP contribution in [0.25, 0.3) is 22.8 Å². The number of benzene rings is 2. The maximum absolute atomic E-state index is 13.0. The molecule has 4 aromatic rings. The summed E-state index contributed by atoms with van der Waals surface area (Å²) in [4.78, 5) is 4.36. The minimum Gasteiger partial charge on any atom is -0.334 e. The van der Waals surface area contributed by atoms with Crippen LogP contribution in [0.15, 0.2) is 58.2 Å². The third-order valence-electron chi connectivity index (χ3n) is 4.03. The lowest BCUT2D eigenvalue weighted by atomic mass is 10.2. The molecule has 6 nitrogen and oxygen atoms in total. The zero-order valence-electron chi connectivity index (χ0n) is 14.8. The maximum atomic E-state index is 13.0. The number of halogens is 2. The number of rotatable bonds is 6. The van der Waals surface area contributed by atoms with E-state index in [4.69, 9.17) is 16.1 Å². The summed E-state index contributed by atoms with van der Waals surface area (Å²) in [7, 11) is 0. The van der Waals surface area contributed by atoms with Crippen LogP contribution in [0.1, 0.15) is 12.7 Å². The van der Waals surface area contributed by atoms with Gasteiger partial charge in [0.05, 0.1) is 5.75 Å². The number of nitrogens with zero attached hydrogens (tertiary/aromatic N) is 5. The Balaban J connectivity index is 1.49. The summed E-state index contributed by atoms with van der Waals surface area (Å²) in [6.45, 7) is 2.76. The second-order valence-electron chi connectivity index (χ2n) is 5.87. The third-order valence-corrected chi connectivity index (χ3v) is 5.24. The van der Waals surface area contributed by atoms with E-state index in [2.05, 4.69) is 20.3 Å². The number of aromatic nitrogens is 5. The van der Waals surface area contributed by atoms with Crippen molar-refractivity contribution >= 4 is 23.4 Å². The summed E-state index contributed by atoms with van der Waals surface area (Å²) in [5.41, 5.74) is 1.62. The smallest absolute Gasteiger partial charge is 0.257 e. The van der Waals surface area contributed by atoms with Crippen LogP contribution in [-0.4, -0.2) is 24.9 Å². The monoisotopic (exact) mass is 415 g/mol. The van der Waals surface area contributed by atoms with E-state index in [0.717, 1.165) is 23.1 Å². The van der Waals surface area contributed by atoms with Crippen molar-refractivity contribution in [2.75, 3.05) is 0 Å². The summed E-state index contributed by atoms with van der Waals surface area (Å²) < 4.78 is 20.3. The Morgan fingerprint density at radius 2 is 1.75 bits per heavy atom. The van der Waals surface area contributed by atoms with E-state index in [0.29, 0.717) is 28.1 Å². The molecule has 0 aliphatic heterocycles. The summed E-state index contributed by atoms with van der Waals surface area (Å²) in [5.74, 6) is 1.83. The zero-order valence-corrected chi connectivity index (χ0v) is 16.4. The lowest BCUT2D eigenvalue weighted by Crippen LogP contribution is -2.00. The van der Waals surface area contributed by atoms with Gasteiger partial charge < -0.3 is 9.09 Å². The molecule has 0 spiro atoms. The van der Waals surface area contributed by atoms with Crippen molar-refractivity contribution in [2.24, 2.45) is 0 Å². The first-order valence-corrected chi connectivity index (χ1v) is 9.91. The molecule has 0 saturated carbocycles. The summed E-state index contributed by atoms with van der Waals surface area (Å²) in [5, 5.41) is 14.0. The van der Waals surface area contributed by atoms with Gasteiger partial charge in [-0.15, -0.1) is 10.2 Å². The molecule has 2 heterocycles. The van der Waals surface area contributed by atoms with Crippen molar-refractivity contribution < 1.29 is 8.91 Å². The fourth-order valence-electron chi connectivity index (χ4n) is 2.64. The van der Waals surface area contributed by atoms with Crippen molar-refractivity contribution in [3.63, 3.8) is 0 Å². The van der Waals surface area contributed by atoms with Crippen molar-refractivity contribution in [1.82, 2.24) is 24.9 Å². The summed E-state index contributed by atoms with van der Waals surface area (Å²) >= 11 is 7.43. The number of hydrogen-bond donors (Lipinski definition) is 0. The van der Waals surface area contributed by atoms with Crippen LogP contribution in [0.4, 0.5) is 4.39 Å². The Bertz CT molecular complexity index is 1080. The molecule has 28 heavy (non-hydrogen) atoms. The van der Waals surface area contributed by atoms with Gasteiger partial charge in [-0.1, -0.05) is 28.5 Å². The second kappa shape index (κ2) is 8.12. The molecule has 142 valence electrons. The van der Waals surface area contributed by atoms with Crippen LogP contribution < -0.4 is 0 Å². The van der Waals surface area contributed by atoms with E-state index in [-0.39, 0.29) is 5.82 Å². The highest BCUT2D eigenvalue weighted by molar-refractivity contribution is 7.98. The summed E-state index contributed by atoms with van der Waals surface area (Å²) in [6.07, 6.45) is 0. The largest absolute Gasteiger partial charge is 0.334 e. The Hall–Kier alpha value is -2.71. The van der Waals surface area contributed by atoms with Gasteiger partial charge in [0.25, 0.3) is 5.89 Å². The molecule has 0 saturated heterocycles. The molecule has 4 rings (SSSR count). The molecule has 0 amide bonds. The first-order chi connectivity index (χ1) is 13.6. The highest BCUT2D eigenvalue weighted by atomic mass is 35.5. The third kappa shape index (κ3) is 3.93. The van der Waals surface area contributed by atoms with E-state index in [1.54, 1.807) is 12.1 Å². The zero-order chi connectivity index (χ0) is 19.5. The predicted octanol–water partition coefficient (Wildman–Crippen LogP) is 5.10. The van der Waals surface area contributed by atoms with Gasteiger partial charge in [-0.05, 0) is 55.5 Å². The molecule has 0 fully saturated rings. The minimum atomic E-state index is -0.311. The van der Waals surface area contributed by atoms with Crippen LogP contribution >= 0.6 is 23.4 Å². The lowest BCUT2D eigenvalue weighted by Gasteiger charge is -2.06. The number of hydrogen-bond acceptors (Lipinski definition) is 6. The van der Waals surface area contributed by atoms with E-state index in [1.807, 2.05) is 35.8 Å². The Morgan fingerprint density at radius 1 is 1.04 bits per heavy atom. The van der Waals surface area contributed by atoms with Gasteiger partial charge in [0.1, 0.15) is 5.82 Å². The quantitative estimate of drug-likeness (QED) is 0.408. The average Bonchev–Trinajstić information content (AvgIpc) is 3.34. The molecule has 2 aromatic carbocycles. The fourth-order valence-corrected chi connectivity index (χ4v) is 3.62. The molecule has 0 aliphatic rings. The summed E-state index contributed by atoms with van der Waals surface area (Å²) in [6, 6.07) is 13.4. The molecule has 0 N–H and O–H groups in total. The van der Waals surface area contributed by atoms with Crippen LogP contribution in [0.3, 0.4) is 0 Å². The van der Waals surface area contributed by atoms with Gasteiger partial charge in [-0.3, -0.25) is 0 Å². The van der Waals surface area contributed by atoms with Crippen molar-refractivity contribution in [3.8, 4) is 22.8 Å². The van der Waals surface area contributed by atoms with Crippen molar-refractivity contribution in [1.29, 1.82) is 0 Å². The highest BCUT2D eigenvalue weighted by Gasteiger charge is 2.15. The molecule has 0 radical (unpaired) electrons. The van der Waals surface area contributed by atoms with Crippen LogP contribution in [0, 0.1) is 5.82 Å².